The van der Waals surface area contributed by atoms with Crippen molar-refractivity contribution in [2.24, 2.45) is 0 Å². The number of benzene rings is 3. The van der Waals surface area contributed by atoms with Crippen LogP contribution in [0.1, 0.15) is 6.92 Å². The summed E-state index contributed by atoms with van der Waals surface area (Å²) in [6.07, 6.45) is -1.48. The molecule has 3 rings (SSSR count). The Morgan fingerprint density at radius 1 is 1.08 bits per heavy atom. The van der Waals surface area contributed by atoms with Crippen molar-refractivity contribution in [2.75, 3.05) is 19.0 Å². The van der Waals surface area contributed by atoms with Gasteiger partial charge in [0.1, 0.15) is 11.8 Å². The molecule has 0 radical (unpaired) electrons. The Morgan fingerprint density at radius 2 is 1.78 bits per heavy atom. The molecule has 0 unspecified atom stereocenters. The van der Waals surface area contributed by atoms with Crippen LogP contribution in [-0.2, 0) is 24.3 Å². The molecule has 0 saturated heterocycles. The highest BCUT2D eigenvalue weighted by Gasteiger charge is 2.31. The molecule has 0 aliphatic heterocycles. The number of aliphatic hydroxyl groups is 1. The van der Waals surface area contributed by atoms with Gasteiger partial charge in [-0.05, 0) is 35.9 Å². The predicted octanol–water partition coefficient (Wildman–Crippen LogP) is 1.97. The van der Waals surface area contributed by atoms with E-state index >= 15 is 0 Å². The fraction of sp³-hybridized carbons (Fsp3) is 0.217. The Hall–Kier alpha value is -4.07. The van der Waals surface area contributed by atoms with Gasteiger partial charge in [-0.15, -0.1) is 0 Å². The first-order valence-corrected chi connectivity index (χ1v) is 12.0. The van der Waals surface area contributed by atoms with Crippen LogP contribution in [0.25, 0.3) is 10.8 Å². The number of nitro groups is 1. The SMILES string of the molecule is COc1cc([N+](=O)[O-])ccc1NC(=O)COC(=O)[C@@H](NS(=O)(=O)c1ccc2ccccc2c1)[C@H](C)O. The maximum Gasteiger partial charge on any atom is 0.327 e. The van der Waals surface area contributed by atoms with E-state index in [2.05, 4.69) is 10.0 Å². The minimum absolute atomic E-state index is 0.00822. The number of aliphatic hydroxyl groups excluding tert-OH is 1. The topological polar surface area (TPSA) is 174 Å². The van der Waals surface area contributed by atoms with Gasteiger partial charge in [0.15, 0.2) is 6.61 Å². The number of methoxy groups -OCH3 is 1. The first-order valence-electron chi connectivity index (χ1n) is 10.5. The van der Waals surface area contributed by atoms with E-state index in [4.69, 9.17) is 9.47 Å². The molecule has 0 aromatic heterocycles. The van der Waals surface area contributed by atoms with E-state index in [9.17, 15) is 33.2 Å². The first kappa shape index (κ1) is 26.5. The van der Waals surface area contributed by atoms with Crippen LogP contribution in [0.3, 0.4) is 0 Å². The number of carbonyl (C=O) groups excluding carboxylic acids is 2. The standard InChI is InChI=1S/C23H23N3O9S/c1-14(27)22(25-36(32,33)18-9-7-15-5-3-4-6-16(15)11-18)23(29)35-13-21(28)24-19-10-8-17(26(30)31)12-20(19)34-2/h3-12,14,22,25,27H,13H2,1-2H3,(H,24,28)/t14-,22-/m0/s1. The van der Waals surface area contributed by atoms with E-state index in [1.54, 1.807) is 18.2 Å². The summed E-state index contributed by atoms with van der Waals surface area (Å²) in [7, 11) is -2.98. The molecular weight excluding hydrogens is 494 g/mol. The summed E-state index contributed by atoms with van der Waals surface area (Å²) >= 11 is 0. The van der Waals surface area contributed by atoms with Crippen molar-refractivity contribution in [3.63, 3.8) is 0 Å². The van der Waals surface area contributed by atoms with E-state index in [0.29, 0.717) is 5.39 Å². The van der Waals surface area contributed by atoms with Gasteiger partial charge in [-0.3, -0.25) is 19.7 Å². The molecule has 13 heteroatoms. The summed E-state index contributed by atoms with van der Waals surface area (Å²) in [5, 5.41) is 24.7. The molecule has 0 heterocycles. The summed E-state index contributed by atoms with van der Waals surface area (Å²) in [5.41, 5.74) is -0.164. The van der Waals surface area contributed by atoms with Crippen LogP contribution < -0.4 is 14.8 Å². The largest absolute Gasteiger partial charge is 0.494 e. The van der Waals surface area contributed by atoms with Gasteiger partial charge in [0, 0.05) is 6.07 Å². The van der Waals surface area contributed by atoms with Gasteiger partial charge in [0.05, 0.1) is 34.8 Å². The second-order valence-electron chi connectivity index (χ2n) is 7.65. The van der Waals surface area contributed by atoms with E-state index in [1.807, 2.05) is 12.1 Å². The number of ether oxygens (including phenoxy) is 2. The minimum Gasteiger partial charge on any atom is -0.494 e. The maximum atomic E-state index is 12.8. The third kappa shape index (κ3) is 6.33. The van der Waals surface area contributed by atoms with E-state index in [1.165, 1.54) is 32.2 Å². The van der Waals surface area contributed by atoms with Crippen LogP contribution in [0.4, 0.5) is 11.4 Å². The van der Waals surface area contributed by atoms with E-state index in [-0.39, 0.29) is 22.0 Å². The molecule has 36 heavy (non-hydrogen) atoms. The summed E-state index contributed by atoms with van der Waals surface area (Å²) in [5.74, 6) is -1.99. The zero-order chi connectivity index (χ0) is 26.5. The zero-order valence-electron chi connectivity index (χ0n) is 19.2. The number of hydrogen-bond donors (Lipinski definition) is 3. The van der Waals surface area contributed by atoms with E-state index in [0.717, 1.165) is 17.5 Å². The van der Waals surface area contributed by atoms with Gasteiger partial charge in [-0.25, -0.2) is 8.42 Å². The normalized spacial score (nSPS) is 13.0. The molecule has 3 N–H and O–H groups in total. The average Bonchev–Trinajstić information content (AvgIpc) is 2.85. The highest BCUT2D eigenvalue weighted by molar-refractivity contribution is 7.89. The third-order valence-electron chi connectivity index (χ3n) is 5.07. The van der Waals surface area contributed by atoms with Gasteiger partial charge in [-0.2, -0.15) is 4.72 Å². The number of nitro benzene ring substituents is 1. The number of anilines is 1. The van der Waals surface area contributed by atoms with Crippen LogP contribution in [0, 0.1) is 10.1 Å². The Labute approximate surface area is 206 Å². The molecule has 0 spiro atoms. The molecule has 3 aromatic rings. The summed E-state index contributed by atoms with van der Waals surface area (Å²) in [6.45, 7) is 0.372. The van der Waals surface area contributed by atoms with Gasteiger partial charge in [0.2, 0.25) is 10.0 Å². The first-order chi connectivity index (χ1) is 17.0. The molecule has 12 nitrogen and oxygen atoms in total. The van der Waals surface area contributed by atoms with Crippen LogP contribution in [0.5, 0.6) is 5.75 Å². The molecule has 0 aliphatic carbocycles. The van der Waals surface area contributed by atoms with Crippen LogP contribution in [-0.4, -0.2) is 56.2 Å². The molecule has 0 aliphatic rings. The fourth-order valence-corrected chi connectivity index (χ4v) is 4.52. The van der Waals surface area contributed by atoms with Crippen LogP contribution in [0.2, 0.25) is 0 Å². The summed E-state index contributed by atoms with van der Waals surface area (Å²) < 4.78 is 37.7. The highest BCUT2D eigenvalue weighted by Crippen LogP contribution is 2.29. The van der Waals surface area contributed by atoms with Gasteiger partial charge >= 0.3 is 5.97 Å². The molecule has 0 bridgehead atoms. The maximum absolute atomic E-state index is 12.8. The molecule has 190 valence electrons. The number of esters is 1. The smallest absolute Gasteiger partial charge is 0.327 e. The molecule has 0 fully saturated rings. The molecule has 0 saturated carbocycles. The van der Waals surface area contributed by atoms with Crippen molar-refractivity contribution in [3.05, 3.63) is 70.8 Å². The number of nitrogens with zero attached hydrogens (tertiary/aromatic N) is 1. The van der Waals surface area contributed by atoms with Crippen molar-refractivity contribution in [1.29, 1.82) is 0 Å². The second-order valence-corrected chi connectivity index (χ2v) is 9.36. The zero-order valence-corrected chi connectivity index (χ0v) is 20.0. The summed E-state index contributed by atoms with van der Waals surface area (Å²) in [4.78, 5) is 34.9. The van der Waals surface area contributed by atoms with Crippen LogP contribution in [0.15, 0.2) is 65.6 Å². The van der Waals surface area contributed by atoms with Gasteiger partial charge in [0.25, 0.3) is 11.6 Å². The Kier molecular flexibility index (Phi) is 8.19. The van der Waals surface area contributed by atoms with Gasteiger partial charge < -0.3 is 19.9 Å². The number of sulfonamides is 1. The number of carbonyl (C=O) groups is 2. The lowest BCUT2D eigenvalue weighted by Gasteiger charge is -2.20. The number of hydrogen-bond acceptors (Lipinski definition) is 9. The van der Waals surface area contributed by atoms with Crippen molar-refractivity contribution >= 4 is 44.0 Å². The number of nitrogens with one attached hydrogen (secondary N) is 2. The molecule has 3 aromatic carbocycles. The molecular formula is C23H23N3O9S. The lowest BCUT2D eigenvalue weighted by atomic mass is 10.1. The lowest BCUT2D eigenvalue weighted by molar-refractivity contribution is -0.384. The van der Waals surface area contributed by atoms with Gasteiger partial charge in [-0.1, -0.05) is 30.3 Å². The number of fused-ring (bicyclic) bond motifs is 1. The minimum atomic E-state index is -4.23. The van der Waals surface area contributed by atoms with Crippen molar-refractivity contribution in [3.8, 4) is 5.75 Å². The quantitative estimate of drug-likeness (QED) is 0.206. The number of non-ortho nitro benzene ring substituents is 1. The van der Waals surface area contributed by atoms with Crippen molar-refractivity contribution < 1.29 is 37.5 Å². The average molecular weight is 518 g/mol. The Balaban J connectivity index is 1.67. The van der Waals surface area contributed by atoms with E-state index < -0.39 is 45.6 Å². The Morgan fingerprint density at radius 3 is 2.42 bits per heavy atom. The fourth-order valence-electron chi connectivity index (χ4n) is 3.22. The highest BCUT2D eigenvalue weighted by atomic mass is 32.2. The number of amides is 1. The molecule has 1 amide bonds. The van der Waals surface area contributed by atoms with Crippen molar-refractivity contribution in [1.82, 2.24) is 4.72 Å². The molecule has 2 atom stereocenters. The predicted molar refractivity (Wildman–Crippen MR) is 129 cm³/mol. The van der Waals surface area contributed by atoms with Crippen molar-refractivity contribution in [2.45, 2.75) is 24.0 Å². The lowest BCUT2D eigenvalue weighted by Crippen LogP contribution is -2.48. The third-order valence-corrected chi connectivity index (χ3v) is 6.50. The Bertz CT molecular complexity index is 1410. The monoisotopic (exact) mass is 517 g/mol. The van der Waals surface area contributed by atoms with Crippen LogP contribution >= 0.6 is 0 Å². The summed E-state index contributed by atoms with van der Waals surface area (Å²) in [6, 6.07) is 13.3. The number of rotatable bonds is 10. The second kappa shape index (κ2) is 11.1.